The molecule has 318 valence electrons. The number of rotatable bonds is 6. The third-order valence-electron chi connectivity index (χ3n) is 5.86. The molecule has 0 saturated heterocycles. The molecule has 0 aliphatic heterocycles. The number of hydrogen-bond acceptors (Lipinski definition) is 2. The zero-order valence-electron chi connectivity index (χ0n) is 30.1. The molecule has 0 saturated carbocycles. The quantitative estimate of drug-likeness (QED) is 0.0722. The molecule has 0 spiro atoms. The van der Waals surface area contributed by atoms with Crippen molar-refractivity contribution in [3.8, 4) is 12.1 Å². The second-order valence-electron chi connectivity index (χ2n) is 10.7. The smallest absolute Gasteiger partial charge is 0.213 e. The summed E-state index contributed by atoms with van der Waals surface area (Å²) in [5.41, 5.74) is 0. The largest absolute Gasteiger partial charge is 2.00 e. The Bertz CT molecular complexity index is 1810. The molecule has 0 aliphatic carbocycles. The Morgan fingerprint density at radius 1 is 0.397 bits per heavy atom. The first-order valence-corrected chi connectivity index (χ1v) is 29.9. The molecule has 0 aromatic heterocycles. The Hall–Kier alpha value is -2.60. The zero-order valence-corrected chi connectivity index (χ0v) is 39.6. The van der Waals surface area contributed by atoms with Crippen LogP contribution >= 0.6 is 15.8 Å². The standard InChI is InChI=1S/2C17H14P.2C2H3N.12FH.Fe.Pd.2Sb/c2*1-3-9-15(10-4-1)18(17-13-7-8-14-17)16-11-5-2-6-12-16;2*1-2-3;;;;;;;;;;;;;;;;/h2*1-14H;2*1H3;12*1H;;;;/q2*-1;;;;;;;;;;;;;;;2*+2;2*+5/p-12. The van der Waals surface area contributed by atoms with Crippen molar-refractivity contribution < 1.29 is 71.2 Å². The van der Waals surface area contributed by atoms with E-state index in [4.69, 9.17) is 10.5 Å². The normalized spacial score (nSPS) is 12.5. The average molecular weight is 1210 g/mol. The van der Waals surface area contributed by atoms with Crippen molar-refractivity contribution in [2.45, 2.75) is 13.8 Å². The van der Waals surface area contributed by atoms with Crippen LogP contribution in [0.2, 0.25) is 0 Å². The van der Waals surface area contributed by atoms with Crippen LogP contribution in [-0.2, 0) is 37.5 Å². The molecule has 6 aromatic carbocycles. The van der Waals surface area contributed by atoms with Crippen molar-refractivity contribution in [2.24, 2.45) is 0 Å². The Labute approximate surface area is 361 Å². The van der Waals surface area contributed by atoms with E-state index >= 15 is 0 Å². The molecular weight excluding hydrogens is 1180 g/mol. The zero-order chi connectivity index (χ0) is 42.6. The van der Waals surface area contributed by atoms with Crippen molar-refractivity contribution in [1.29, 1.82) is 10.5 Å². The van der Waals surface area contributed by atoms with E-state index in [1.165, 1.54) is 45.7 Å². The Kier molecular flexibility index (Phi) is 23.2. The van der Waals surface area contributed by atoms with Crippen LogP contribution < -0.4 is 31.8 Å². The van der Waals surface area contributed by atoms with Crippen molar-refractivity contribution in [2.75, 3.05) is 0 Å². The summed E-state index contributed by atoms with van der Waals surface area (Å²) in [5.74, 6) is 0. The maximum atomic E-state index is 9.93. The van der Waals surface area contributed by atoms with Gasteiger partial charge in [-0.15, -0.1) is 10.6 Å². The van der Waals surface area contributed by atoms with E-state index in [2.05, 4.69) is 170 Å². The summed E-state index contributed by atoms with van der Waals surface area (Å²) >= 11 is -22.5. The van der Waals surface area contributed by atoms with Crippen molar-refractivity contribution in [3.63, 3.8) is 0 Å². The summed E-state index contributed by atoms with van der Waals surface area (Å²) in [6.45, 7) is 2.86. The summed E-state index contributed by atoms with van der Waals surface area (Å²) in [4.78, 5) is 0. The molecule has 0 amide bonds. The first-order chi connectivity index (χ1) is 25.6. The van der Waals surface area contributed by atoms with E-state index in [1.807, 2.05) is 0 Å². The maximum absolute atomic E-state index is 11.2. The average Bonchev–Trinajstić information content (AvgIpc) is 3.81. The molecule has 2 nitrogen and oxygen atoms in total. The fourth-order valence-electron chi connectivity index (χ4n) is 4.23. The van der Waals surface area contributed by atoms with E-state index in [0.29, 0.717) is 0 Å². The van der Waals surface area contributed by atoms with Crippen LogP contribution in [0.1, 0.15) is 13.8 Å². The molecule has 0 radical (unpaired) electrons. The van der Waals surface area contributed by atoms with Gasteiger partial charge in [-0.1, -0.05) is 121 Å². The third-order valence-corrected chi connectivity index (χ3v) is 10.8. The first kappa shape index (κ1) is 57.5. The van der Waals surface area contributed by atoms with Crippen molar-refractivity contribution in [3.05, 3.63) is 170 Å². The van der Waals surface area contributed by atoms with Gasteiger partial charge in [0.2, 0.25) is 0 Å². The minimum absolute atomic E-state index is 0. The molecule has 6 aromatic rings. The molecule has 0 heterocycles. The maximum Gasteiger partial charge on any atom is 2.00 e. The molecular formula is C38H34F12FeN2P2PdSb2. The molecule has 58 heavy (non-hydrogen) atoms. The molecule has 6 rings (SSSR count). The van der Waals surface area contributed by atoms with Gasteiger partial charge < -0.3 is 0 Å². The van der Waals surface area contributed by atoms with E-state index in [1.54, 1.807) is 12.1 Å². The van der Waals surface area contributed by atoms with Crippen LogP contribution in [0.25, 0.3) is 0 Å². The first-order valence-electron chi connectivity index (χ1n) is 15.6. The van der Waals surface area contributed by atoms with Gasteiger partial charge in [-0.2, -0.15) is 34.8 Å². The van der Waals surface area contributed by atoms with Crippen LogP contribution in [0, 0.1) is 22.7 Å². The number of nitrogens with zero attached hydrogens (tertiary/aromatic N) is 2. The third kappa shape index (κ3) is 32.3. The summed E-state index contributed by atoms with van der Waals surface area (Å²) < 4.78 is 119. The van der Waals surface area contributed by atoms with Crippen LogP contribution in [0.3, 0.4) is 0 Å². The SMILES string of the molecule is CC#N.CC#N.[F][Sb-]([F])([F])([F])([F])[F].[F][Sb-]([F])([F])([F])([F])[F].[Fe+2].[Pd+2].c1ccc(P(c2ccccc2)c2ccc[cH-]2)cc1.c1ccc(P(c2ccccc2)c2ccc[cH-]2)cc1. The van der Waals surface area contributed by atoms with Crippen LogP contribution in [0.5, 0.6) is 0 Å². The topological polar surface area (TPSA) is 47.6 Å². The number of benzene rings is 4. The Morgan fingerprint density at radius 3 is 0.707 bits per heavy atom. The second kappa shape index (κ2) is 23.4. The van der Waals surface area contributed by atoms with Gasteiger partial charge in [-0.3, -0.25) is 0 Å². The summed E-state index contributed by atoms with van der Waals surface area (Å²) in [6, 6.07) is 64.0. The van der Waals surface area contributed by atoms with E-state index in [9.17, 15) is 33.8 Å². The van der Waals surface area contributed by atoms with E-state index in [-0.39, 0.29) is 37.5 Å². The number of nitriles is 2. The van der Waals surface area contributed by atoms with Crippen molar-refractivity contribution >= 4 is 86.6 Å². The van der Waals surface area contributed by atoms with Gasteiger partial charge in [-0.05, 0) is 37.1 Å². The molecule has 0 atom stereocenters. The molecule has 20 heteroatoms. The number of halogens is 12. The summed E-state index contributed by atoms with van der Waals surface area (Å²) in [5, 5.41) is 23.1. The van der Waals surface area contributed by atoms with Crippen molar-refractivity contribution in [1.82, 2.24) is 0 Å². The van der Waals surface area contributed by atoms with E-state index in [0.717, 1.165) is 0 Å². The van der Waals surface area contributed by atoms with Gasteiger partial charge in [0.1, 0.15) is 0 Å². The van der Waals surface area contributed by atoms with Gasteiger partial charge in [0, 0.05) is 13.8 Å². The minimum atomic E-state index is -11.2. The van der Waals surface area contributed by atoms with E-state index < -0.39 is 54.8 Å². The minimum Gasteiger partial charge on any atom is -0.213 e. The molecule has 0 N–H and O–H groups in total. The molecule has 0 aliphatic rings. The fraction of sp³-hybridized carbons (Fsp3) is 0.0526. The summed E-state index contributed by atoms with van der Waals surface area (Å²) in [6.07, 6.45) is 0. The second-order valence-corrected chi connectivity index (χ2v) is 26.0. The number of hydrogen-bond donors (Lipinski definition) is 0. The Balaban J connectivity index is 0. The van der Waals surface area contributed by atoms with Crippen LogP contribution in [0.4, 0.5) is 33.8 Å². The molecule has 0 unspecified atom stereocenters. The predicted octanol–water partition coefficient (Wildman–Crippen LogP) is 11.7. The molecule has 0 bridgehead atoms. The van der Waals surface area contributed by atoms with Gasteiger partial charge in [0.25, 0.3) is 0 Å². The monoisotopic (exact) mass is 1210 g/mol. The fourth-order valence-corrected chi connectivity index (χ4v) is 8.84. The predicted molar refractivity (Wildman–Crippen MR) is 209 cm³/mol. The molecule has 0 fully saturated rings. The van der Waals surface area contributed by atoms with Crippen LogP contribution in [-0.4, -0.2) is 39.0 Å². The van der Waals surface area contributed by atoms with Crippen LogP contribution in [0.15, 0.2) is 170 Å². The Morgan fingerprint density at radius 2 is 0.569 bits per heavy atom. The van der Waals surface area contributed by atoms with Gasteiger partial charge in [-0.25, -0.2) is 24.3 Å². The van der Waals surface area contributed by atoms with Gasteiger partial charge in [0.15, 0.2) is 0 Å². The summed E-state index contributed by atoms with van der Waals surface area (Å²) in [7, 11) is -0.818. The van der Waals surface area contributed by atoms with Gasteiger partial charge in [0.05, 0.1) is 12.1 Å². The van der Waals surface area contributed by atoms with Gasteiger partial charge >= 0.3 is 110 Å².